The Kier molecular flexibility index (Phi) is 4.44. The van der Waals surface area contributed by atoms with Gasteiger partial charge in [0.05, 0.1) is 5.69 Å². The molecule has 0 aliphatic carbocycles. The smallest absolute Gasteiger partial charge is 0.275 e. The van der Waals surface area contributed by atoms with Gasteiger partial charge in [-0.25, -0.2) is 0 Å². The first-order valence-corrected chi connectivity index (χ1v) is 8.58. The minimum absolute atomic E-state index is 0.170. The van der Waals surface area contributed by atoms with Gasteiger partial charge in [-0.1, -0.05) is 18.2 Å². The number of amides is 1. The zero-order valence-corrected chi connectivity index (χ0v) is 15.0. The Labute approximate surface area is 160 Å². The zero-order valence-electron chi connectivity index (χ0n) is 15.0. The summed E-state index contributed by atoms with van der Waals surface area (Å²) >= 11 is 0. The first-order chi connectivity index (χ1) is 13.5. The summed E-state index contributed by atoms with van der Waals surface area (Å²) in [5.74, 6) is 0.189. The van der Waals surface area contributed by atoms with Gasteiger partial charge in [-0.2, -0.15) is 9.78 Å². The minimum atomic E-state index is -0.600. The van der Waals surface area contributed by atoms with E-state index in [1.807, 2.05) is 13.0 Å². The number of hydrogen-bond acceptors (Lipinski definition) is 6. The van der Waals surface area contributed by atoms with Gasteiger partial charge < -0.3 is 19.9 Å². The summed E-state index contributed by atoms with van der Waals surface area (Å²) < 4.78 is 11.7. The number of nitrogens with zero attached hydrogens (tertiary/aromatic N) is 2. The van der Waals surface area contributed by atoms with E-state index >= 15 is 0 Å². The zero-order chi connectivity index (χ0) is 19.7. The number of aromatic nitrogens is 2. The summed E-state index contributed by atoms with van der Waals surface area (Å²) in [7, 11) is 0. The summed E-state index contributed by atoms with van der Waals surface area (Å²) in [4.78, 5) is 24.7. The number of aromatic hydroxyl groups is 1. The van der Waals surface area contributed by atoms with Crippen LogP contribution in [-0.4, -0.2) is 27.6 Å². The molecule has 0 saturated heterocycles. The molecule has 28 heavy (non-hydrogen) atoms. The Balaban J connectivity index is 1.57. The van der Waals surface area contributed by atoms with E-state index in [-0.39, 0.29) is 19.0 Å². The van der Waals surface area contributed by atoms with Crippen molar-refractivity contribution in [1.29, 1.82) is 0 Å². The van der Waals surface area contributed by atoms with E-state index in [2.05, 4.69) is 10.4 Å². The number of ether oxygens (including phenoxy) is 2. The van der Waals surface area contributed by atoms with Gasteiger partial charge in [0.25, 0.3) is 11.5 Å². The van der Waals surface area contributed by atoms with Crippen molar-refractivity contribution in [1.82, 2.24) is 15.1 Å². The quantitative estimate of drug-likeness (QED) is 0.718. The van der Waals surface area contributed by atoms with Crippen LogP contribution in [0.3, 0.4) is 0 Å². The number of carbonyl (C=O) groups is 1. The molecule has 4 rings (SSSR count). The van der Waals surface area contributed by atoms with Crippen molar-refractivity contribution in [2.75, 3.05) is 6.79 Å². The molecule has 0 radical (unpaired) electrons. The van der Waals surface area contributed by atoms with Gasteiger partial charge in [0.2, 0.25) is 6.79 Å². The van der Waals surface area contributed by atoms with Crippen LogP contribution >= 0.6 is 0 Å². The van der Waals surface area contributed by atoms with Crippen molar-refractivity contribution in [3.8, 4) is 22.9 Å². The lowest BCUT2D eigenvalue weighted by Crippen LogP contribution is -2.29. The standard InChI is InChI=1S/C20H17N3O5/c1-12-3-2-4-14(7-12)23-18(25)9-15(24)19(22-23)20(26)21-10-13-5-6-16-17(8-13)28-11-27-16/h2-9,24H,10-11H2,1H3,(H,21,26). The van der Waals surface area contributed by atoms with Gasteiger partial charge in [-0.05, 0) is 42.3 Å². The third-order valence-electron chi connectivity index (χ3n) is 4.26. The van der Waals surface area contributed by atoms with Crippen LogP contribution in [0.1, 0.15) is 21.6 Å². The molecule has 3 aromatic rings. The molecular formula is C20H17N3O5. The van der Waals surface area contributed by atoms with Crippen LogP contribution in [0.5, 0.6) is 17.2 Å². The fourth-order valence-corrected chi connectivity index (χ4v) is 2.87. The highest BCUT2D eigenvalue weighted by Crippen LogP contribution is 2.32. The van der Waals surface area contributed by atoms with Crippen molar-refractivity contribution >= 4 is 5.91 Å². The molecule has 0 unspecified atom stereocenters. The predicted molar refractivity (Wildman–Crippen MR) is 100.0 cm³/mol. The molecule has 0 fully saturated rings. The summed E-state index contributed by atoms with van der Waals surface area (Å²) in [5, 5.41) is 16.8. The van der Waals surface area contributed by atoms with Gasteiger partial charge in [-0.15, -0.1) is 0 Å². The van der Waals surface area contributed by atoms with E-state index in [1.165, 1.54) is 0 Å². The van der Waals surface area contributed by atoms with Crippen molar-refractivity contribution in [2.24, 2.45) is 0 Å². The van der Waals surface area contributed by atoms with E-state index in [0.717, 1.165) is 21.9 Å². The summed E-state index contributed by atoms with van der Waals surface area (Å²) in [5.41, 5.74) is 1.48. The minimum Gasteiger partial charge on any atom is -0.505 e. The molecule has 2 aromatic carbocycles. The molecule has 142 valence electrons. The van der Waals surface area contributed by atoms with Crippen LogP contribution in [-0.2, 0) is 6.54 Å². The lowest BCUT2D eigenvalue weighted by molar-refractivity contribution is 0.0941. The van der Waals surface area contributed by atoms with Gasteiger partial charge >= 0.3 is 0 Å². The summed E-state index contributed by atoms with van der Waals surface area (Å²) in [6, 6.07) is 13.4. The number of nitrogens with one attached hydrogen (secondary N) is 1. The van der Waals surface area contributed by atoms with E-state index in [1.54, 1.807) is 36.4 Å². The van der Waals surface area contributed by atoms with Gasteiger partial charge in [0.1, 0.15) is 0 Å². The fraction of sp³-hybridized carbons (Fsp3) is 0.150. The Morgan fingerprint density at radius 2 is 2.00 bits per heavy atom. The Hall–Kier alpha value is -3.81. The SMILES string of the molecule is Cc1cccc(-n2nc(C(=O)NCc3ccc4c(c3)OCO4)c(O)cc2=O)c1. The topological polar surface area (TPSA) is 103 Å². The molecule has 0 saturated carbocycles. The maximum atomic E-state index is 12.5. The van der Waals surface area contributed by atoms with Gasteiger partial charge in [-0.3, -0.25) is 9.59 Å². The molecule has 1 amide bonds. The summed E-state index contributed by atoms with van der Waals surface area (Å²) in [6.45, 7) is 2.25. The third-order valence-corrected chi connectivity index (χ3v) is 4.26. The van der Waals surface area contributed by atoms with Gasteiger partial charge in [0.15, 0.2) is 22.9 Å². The van der Waals surface area contributed by atoms with Crippen LogP contribution in [0.4, 0.5) is 0 Å². The second kappa shape index (κ2) is 7.07. The van der Waals surface area contributed by atoms with E-state index in [4.69, 9.17) is 9.47 Å². The normalized spacial score (nSPS) is 12.0. The molecule has 8 nitrogen and oxygen atoms in total. The van der Waals surface area contributed by atoms with E-state index in [0.29, 0.717) is 17.2 Å². The van der Waals surface area contributed by atoms with Crippen LogP contribution in [0.25, 0.3) is 5.69 Å². The number of aryl methyl sites for hydroxylation is 1. The highest BCUT2D eigenvalue weighted by Gasteiger charge is 2.18. The predicted octanol–water partition coefficient (Wildman–Crippen LogP) is 1.91. The molecule has 8 heteroatoms. The second-order valence-corrected chi connectivity index (χ2v) is 6.34. The lowest BCUT2D eigenvalue weighted by Gasteiger charge is -2.10. The molecule has 0 bridgehead atoms. The van der Waals surface area contributed by atoms with Crippen molar-refractivity contribution < 1.29 is 19.4 Å². The molecule has 0 atom stereocenters. The van der Waals surface area contributed by atoms with Crippen molar-refractivity contribution in [2.45, 2.75) is 13.5 Å². The van der Waals surface area contributed by atoms with Crippen molar-refractivity contribution in [3.05, 3.63) is 75.7 Å². The molecule has 0 spiro atoms. The van der Waals surface area contributed by atoms with E-state index < -0.39 is 17.2 Å². The van der Waals surface area contributed by atoms with Crippen LogP contribution in [0.15, 0.2) is 53.3 Å². The Bertz CT molecular complexity index is 1120. The van der Waals surface area contributed by atoms with Crippen LogP contribution in [0, 0.1) is 6.92 Å². The van der Waals surface area contributed by atoms with Gasteiger partial charge in [0, 0.05) is 12.6 Å². The highest BCUT2D eigenvalue weighted by atomic mass is 16.7. The second-order valence-electron chi connectivity index (χ2n) is 6.34. The summed E-state index contributed by atoms with van der Waals surface area (Å²) in [6.07, 6.45) is 0. The highest BCUT2D eigenvalue weighted by molar-refractivity contribution is 5.94. The number of benzene rings is 2. The first-order valence-electron chi connectivity index (χ1n) is 8.58. The van der Waals surface area contributed by atoms with E-state index in [9.17, 15) is 14.7 Å². The molecule has 2 N–H and O–H groups in total. The number of hydrogen-bond donors (Lipinski definition) is 2. The molecule has 2 heterocycles. The Morgan fingerprint density at radius 1 is 1.18 bits per heavy atom. The third kappa shape index (κ3) is 3.39. The monoisotopic (exact) mass is 379 g/mol. The molecule has 1 aromatic heterocycles. The van der Waals surface area contributed by atoms with Crippen molar-refractivity contribution in [3.63, 3.8) is 0 Å². The average molecular weight is 379 g/mol. The first kappa shape index (κ1) is 17.6. The molecular weight excluding hydrogens is 362 g/mol. The molecule has 1 aliphatic heterocycles. The fourth-order valence-electron chi connectivity index (χ4n) is 2.87. The largest absolute Gasteiger partial charge is 0.505 e. The maximum Gasteiger partial charge on any atom is 0.275 e. The average Bonchev–Trinajstić information content (AvgIpc) is 3.14. The molecule has 1 aliphatic rings. The maximum absolute atomic E-state index is 12.5. The van der Waals surface area contributed by atoms with Crippen LogP contribution in [0.2, 0.25) is 0 Å². The Morgan fingerprint density at radius 3 is 2.82 bits per heavy atom. The lowest BCUT2D eigenvalue weighted by atomic mass is 10.2. The number of fused-ring (bicyclic) bond motifs is 1. The number of carbonyl (C=O) groups excluding carboxylic acids is 1. The van der Waals surface area contributed by atoms with Crippen LogP contribution < -0.4 is 20.3 Å². The number of rotatable bonds is 4.